The monoisotopic (exact) mass is 348 g/mol. The highest BCUT2D eigenvalue weighted by Gasteiger charge is 2.31. The van der Waals surface area contributed by atoms with Crippen molar-refractivity contribution in [2.24, 2.45) is 0 Å². The van der Waals surface area contributed by atoms with Crippen LogP contribution >= 0.6 is 11.6 Å². The van der Waals surface area contributed by atoms with Gasteiger partial charge in [0, 0.05) is 0 Å². The summed E-state index contributed by atoms with van der Waals surface area (Å²) < 4.78 is 6.31. The van der Waals surface area contributed by atoms with E-state index in [1.165, 1.54) is 5.56 Å². The second-order valence-corrected chi connectivity index (χ2v) is 6.12. The number of esters is 1. The number of ether oxygens (including phenoxy) is 1. The van der Waals surface area contributed by atoms with Gasteiger partial charge in [-0.1, -0.05) is 34.5 Å². The molecule has 0 saturated carbocycles. The average molecular weight is 349 g/mol. The number of nitrogens with zero attached hydrogens (tertiary/aromatic N) is 3. The molecule has 24 heavy (non-hydrogen) atoms. The van der Waals surface area contributed by atoms with E-state index in [4.69, 9.17) is 11.6 Å². The van der Waals surface area contributed by atoms with Crippen LogP contribution in [0.1, 0.15) is 22.4 Å². The van der Waals surface area contributed by atoms with E-state index >= 15 is 0 Å². The summed E-state index contributed by atoms with van der Waals surface area (Å²) in [6.07, 6.45) is 0.414. The summed E-state index contributed by atoms with van der Waals surface area (Å²) in [6, 6.07) is 4.18. The Morgan fingerprint density at radius 2 is 2.00 bits per heavy atom. The molecule has 1 aromatic carbocycles. The molecule has 8 heteroatoms. The number of nitrogens with one attached hydrogen (secondary N) is 1. The van der Waals surface area contributed by atoms with Crippen molar-refractivity contribution in [1.29, 1.82) is 0 Å². The molecular weight excluding hydrogens is 332 g/mol. The lowest BCUT2D eigenvalue weighted by molar-refractivity contribution is -0.151. The molecule has 1 unspecified atom stereocenters. The fourth-order valence-electron chi connectivity index (χ4n) is 2.80. The number of carbonyl (C=O) groups excluding carboxylic acids is 1. The van der Waals surface area contributed by atoms with Crippen molar-refractivity contribution in [3.05, 3.63) is 51.4 Å². The van der Waals surface area contributed by atoms with Crippen LogP contribution < -0.4 is 5.32 Å². The molecule has 2 heterocycles. The van der Waals surface area contributed by atoms with Crippen LogP contribution in [0.15, 0.2) is 29.1 Å². The average Bonchev–Trinajstić information content (AvgIpc) is 3.03. The van der Waals surface area contributed by atoms with Gasteiger partial charge in [-0.25, -0.2) is 9.48 Å². The van der Waals surface area contributed by atoms with Gasteiger partial charge in [0.2, 0.25) is 6.29 Å². The highest BCUT2D eigenvalue weighted by molar-refractivity contribution is 6.42. The first-order valence-corrected chi connectivity index (χ1v) is 7.76. The molecule has 1 aromatic heterocycles. The largest absolute Gasteiger partial charge is 0.425 e. The van der Waals surface area contributed by atoms with Gasteiger partial charge < -0.3 is 15.2 Å². The van der Waals surface area contributed by atoms with Crippen LogP contribution in [0.5, 0.6) is 0 Å². The van der Waals surface area contributed by atoms with Crippen LogP contribution in [0.25, 0.3) is 5.69 Å². The van der Waals surface area contributed by atoms with Crippen molar-refractivity contribution in [2.75, 3.05) is 0 Å². The predicted molar refractivity (Wildman–Crippen MR) is 87.4 cm³/mol. The maximum absolute atomic E-state index is 11.3. The van der Waals surface area contributed by atoms with Crippen LogP contribution in [0.2, 0.25) is 0 Å². The van der Waals surface area contributed by atoms with Crippen molar-refractivity contribution < 1.29 is 14.6 Å². The fourth-order valence-corrected chi connectivity index (χ4v) is 3.01. The third-order valence-corrected chi connectivity index (χ3v) is 4.10. The van der Waals surface area contributed by atoms with E-state index in [0.29, 0.717) is 5.69 Å². The van der Waals surface area contributed by atoms with Crippen LogP contribution in [-0.2, 0) is 16.1 Å². The molecule has 0 bridgehead atoms. The number of aliphatic hydroxyl groups is 1. The van der Waals surface area contributed by atoms with Gasteiger partial charge in [-0.2, -0.15) is 0 Å². The third-order valence-electron chi connectivity index (χ3n) is 3.75. The summed E-state index contributed by atoms with van der Waals surface area (Å²) in [5.74, 6) is -0.749. The van der Waals surface area contributed by atoms with E-state index < -0.39 is 12.3 Å². The molecule has 0 amide bonds. The minimum atomic E-state index is -1.37. The maximum atomic E-state index is 11.3. The molecule has 0 aliphatic carbocycles. The smallest absolute Gasteiger partial charge is 0.354 e. The third kappa shape index (κ3) is 3.00. The van der Waals surface area contributed by atoms with Crippen LogP contribution in [0.4, 0.5) is 0 Å². The molecule has 3 rings (SSSR count). The van der Waals surface area contributed by atoms with E-state index in [2.05, 4.69) is 32.5 Å². The Labute approximate surface area is 143 Å². The lowest BCUT2D eigenvalue weighted by atomic mass is 10.1. The minimum Gasteiger partial charge on any atom is -0.425 e. The summed E-state index contributed by atoms with van der Waals surface area (Å²) in [7, 11) is 0. The number of hydrogen-bond acceptors (Lipinski definition) is 6. The molecule has 0 spiro atoms. The van der Waals surface area contributed by atoms with Crippen LogP contribution in [-0.4, -0.2) is 32.4 Å². The van der Waals surface area contributed by atoms with Crippen molar-refractivity contribution >= 4 is 17.6 Å². The highest BCUT2D eigenvalue weighted by Crippen LogP contribution is 2.23. The molecule has 0 radical (unpaired) electrons. The van der Waals surface area contributed by atoms with Gasteiger partial charge in [0.15, 0.2) is 5.03 Å². The molecule has 7 nitrogen and oxygen atoms in total. The number of benzene rings is 1. The van der Waals surface area contributed by atoms with E-state index in [-0.39, 0.29) is 17.3 Å². The zero-order chi connectivity index (χ0) is 17.4. The Morgan fingerprint density at radius 1 is 1.33 bits per heavy atom. The normalized spacial score (nSPS) is 17.4. The quantitative estimate of drug-likeness (QED) is 0.816. The summed E-state index contributed by atoms with van der Waals surface area (Å²) in [5, 5.41) is 20.6. The Morgan fingerprint density at radius 3 is 2.58 bits per heavy atom. The maximum Gasteiger partial charge on any atom is 0.354 e. The summed E-state index contributed by atoms with van der Waals surface area (Å²) in [4.78, 5) is 11.3. The van der Waals surface area contributed by atoms with Crippen molar-refractivity contribution in [1.82, 2.24) is 20.3 Å². The molecule has 0 saturated heterocycles. The Hall–Kier alpha value is -2.38. The topological polar surface area (TPSA) is 89.3 Å². The first kappa shape index (κ1) is 16.5. The van der Waals surface area contributed by atoms with Crippen molar-refractivity contribution in [3.8, 4) is 5.69 Å². The standard InChI is InChI=1S/C16H17ClN4O3/c1-8-4-9(2)14(10(3)5-8)21-7-11(19-20-21)6-18-13-12(17)15(22)24-16(13)23/h4-5,7,16,18,23H,6H2,1-3H3. The van der Waals surface area contributed by atoms with Gasteiger partial charge >= 0.3 is 5.97 Å². The summed E-state index contributed by atoms with van der Waals surface area (Å²) in [5.41, 5.74) is 5.16. The van der Waals surface area contributed by atoms with Gasteiger partial charge in [0.1, 0.15) is 11.4 Å². The summed E-state index contributed by atoms with van der Waals surface area (Å²) in [6.45, 7) is 6.35. The molecule has 2 aromatic rings. The molecule has 2 N–H and O–H groups in total. The second-order valence-electron chi connectivity index (χ2n) is 5.74. The van der Waals surface area contributed by atoms with E-state index in [1.807, 2.05) is 20.8 Å². The lowest BCUT2D eigenvalue weighted by Crippen LogP contribution is -2.22. The molecule has 0 fully saturated rings. The molecule has 1 aliphatic heterocycles. The van der Waals surface area contributed by atoms with Gasteiger partial charge in [0.25, 0.3) is 0 Å². The predicted octanol–water partition coefficient (Wildman–Crippen LogP) is 1.61. The number of aliphatic hydroxyl groups excluding tert-OH is 1. The highest BCUT2D eigenvalue weighted by atomic mass is 35.5. The number of cyclic esters (lactones) is 1. The Bertz CT molecular complexity index is 821. The number of hydrogen-bond donors (Lipinski definition) is 2. The molecular formula is C16H17ClN4O3. The minimum absolute atomic E-state index is 0.138. The zero-order valence-electron chi connectivity index (χ0n) is 13.5. The van der Waals surface area contributed by atoms with E-state index in [1.54, 1.807) is 10.9 Å². The molecule has 126 valence electrons. The number of aromatic nitrogens is 3. The number of aryl methyl sites for hydroxylation is 3. The van der Waals surface area contributed by atoms with Crippen LogP contribution in [0, 0.1) is 20.8 Å². The number of carbonyl (C=O) groups is 1. The first-order chi connectivity index (χ1) is 11.4. The number of halogens is 1. The first-order valence-electron chi connectivity index (χ1n) is 7.39. The number of rotatable bonds is 4. The van der Waals surface area contributed by atoms with Crippen molar-refractivity contribution in [2.45, 2.75) is 33.6 Å². The molecule has 1 atom stereocenters. The SMILES string of the molecule is Cc1cc(C)c(-n2cc(CNC3=C(Cl)C(=O)OC3O)nn2)c(C)c1. The lowest BCUT2D eigenvalue weighted by Gasteiger charge is -2.10. The molecule has 1 aliphatic rings. The Balaban J connectivity index is 1.79. The van der Waals surface area contributed by atoms with E-state index in [9.17, 15) is 9.90 Å². The van der Waals surface area contributed by atoms with Gasteiger partial charge in [-0.3, -0.25) is 0 Å². The van der Waals surface area contributed by atoms with Crippen LogP contribution in [0.3, 0.4) is 0 Å². The summed E-state index contributed by atoms with van der Waals surface area (Å²) >= 11 is 5.79. The van der Waals surface area contributed by atoms with Gasteiger partial charge in [-0.15, -0.1) is 5.10 Å². The fraction of sp³-hybridized carbons (Fsp3) is 0.312. The van der Waals surface area contributed by atoms with Gasteiger partial charge in [-0.05, 0) is 31.9 Å². The second kappa shape index (κ2) is 6.26. The Kier molecular flexibility index (Phi) is 4.29. The van der Waals surface area contributed by atoms with Crippen molar-refractivity contribution in [3.63, 3.8) is 0 Å². The zero-order valence-corrected chi connectivity index (χ0v) is 14.3. The van der Waals surface area contributed by atoms with Gasteiger partial charge in [0.05, 0.1) is 18.4 Å². The van der Waals surface area contributed by atoms with E-state index in [0.717, 1.165) is 16.8 Å².